The molecule has 8 heteroatoms. The van der Waals surface area contributed by atoms with E-state index < -0.39 is 0 Å². The number of carbonyl (C=O) groups is 1. The van der Waals surface area contributed by atoms with Crippen LogP contribution in [0, 0.1) is 0 Å². The second-order valence-corrected chi connectivity index (χ2v) is 7.95. The van der Waals surface area contributed by atoms with E-state index in [-0.39, 0.29) is 11.3 Å². The van der Waals surface area contributed by atoms with Crippen molar-refractivity contribution < 1.29 is 14.3 Å². The fraction of sp³-hybridized carbons (Fsp3) is 0.320. The molecule has 1 aromatic heterocycles. The number of hydrogen-bond acceptors (Lipinski definition) is 6. The Morgan fingerprint density at radius 3 is 2.42 bits per heavy atom. The van der Waals surface area contributed by atoms with Gasteiger partial charge in [-0.25, -0.2) is 9.36 Å². The minimum absolute atomic E-state index is 0.0916. The number of ketones is 1. The van der Waals surface area contributed by atoms with Gasteiger partial charge in [0, 0.05) is 44.6 Å². The molecule has 0 bridgehead atoms. The van der Waals surface area contributed by atoms with Crippen LogP contribution in [0.3, 0.4) is 0 Å². The molecule has 33 heavy (non-hydrogen) atoms. The Balaban J connectivity index is 1.91. The Labute approximate surface area is 192 Å². The smallest absolute Gasteiger partial charge is 0.278 e. The van der Waals surface area contributed by atoms with Gasteiger partial charge >= 0.3 is 0 Å². The Bertz CT molecular complexity index is 1260. The maximum Gasteiger partial charge on any atom is 0.278 e. The summed E-state index contributed by atoms with van der Waals surface area (Å²) in [6, 6.07) is 13.4. The number of ether oxygens (including phenoxy) is 2. The van der Waals surface area contributed by atoms with Crippen LogP contribution < -0.4 is 20.3 Å². The average molecular weight is 449 g/mol. The molecule has 0 amide bonds. The number of anilines is 1. The number of nitrogens with zero attached hydrogens (tertiary/aromatic N) is 3. The first-order chi connectivity index (χ1) is 16.0. The summed E-state index contributed by atoms with van der Waals surface area (Å²) in [6.45, 7) is 1.94. The van der Waals surface area contributed by atoms with Gasteiger partial charge in [0.15, 0.2) is 0 Å². The third-order valence-corrected chi connectivity index (χ3v) is 5.75. The second-order valence-electron chi connectivity index (χ2n) is 7.95. The van der Waals surface area contributed by atoms with E-state index in [0.29, 0.717) is 54.4 Å². The molecular weight excluding hydrogens is 420 g/mol. The van der Waals surface area contributed by atoms with Crippen molar-refractivity contribution in [2.45, 2.75) is 32.7 Å². The zero-order valence-electron chi connectivity index (χ0n) is 19.3. The maximum absolute atomic E-state index is 13.7. The first kappa shape index (κ1) is 22.4. The van der Waals surface area contributed by atoms with Crippen LogP contribution in [0.15, 0.2) is 52.3 Å². The third kappa shape index (κ3) is 4.28. The molecule has 0 spiro atoms. The van der Waals surface area contributed by atoms with Gasteiger partial charge in [0.1, 0.15) is 28.7 Å². The lowest BCUT2D eigenvalue weighted by Crippen LogP contribution is -2.25. The van der Waals surface area contributed by atoms with E-state index in [1.54, 1.807) is 38.9 Å². The van der Waals surface area contributed by atoms with E-state index in [1.165, 1.54) is 0 Å². The van der Waals surface area contributed by atoms with Crippen LogP contribution >= 0.6 is 0 Å². The predicted molar refractivity (Wildman–Crippen MR) is 129 cm³/mol. The molecule has 4 rings (SSSR count). The van der Waals surface area contributed by atoms with Gasteiger partial charge in [-0.05, 0) is 25.0 Å². The fourth-order valence-corrected chi connectivity index (χ4v) is 4.18. The van der Waals surface area contributed by atoms with Crippen molar-refractivity contribution in [2.24, 2.45) is 4.99 Å². The number of carbonyl (C=O) groups excluding carboxylic acids is 1. The summed E-state index contributed by atoms with van der Waals surface area (Å²) in [4.78, 5) is 30.0. The molecule has 1 N–H and O–H groups in total. The summed E-state index contributed by atoms with van der Waals surface area (Å²) in [5.74, 6) is 1.93. The lowest BCUT2D eigenvalue weighted by Gasteiger charge is -2.17. The molecule has 0 fully saturated rings. The Morgan fingerprint density at radius 2 is 1.82 bits per heavy atom. The van der Waals surface area contributed by atoms with E-state index in [4.69, 9.17) is 14.5 Å². The van der Waals surface area contributed by atoms with E-state index in [9.17, 15) is 9.59 Å². The van der Waals surface area contributed by atoms with Crippen LogP contribution in [0.5, 0.6) is 11.5 Å². The summed E-state index contributed by atoms with van der Waals surface area (Å²) in [7, 11) is 4.96. The number of hydrogen-bond donors (Lipinski definition) is 1. The molecule has 1 aliphatic rings. The Morgan fingerprint density at radius 1 is 1.12 bits per heavy atom. The molecular formula is C25H28N4O4. The van der Waals surface area contributed by atoms with E-state index in [2.05, 4.69) is 5.32 Å². The van der Waals surface area contributed by atoms with E-state index in [0.717, 1.165) is 17.0 Å². The van der Waals surface area contributed by atoms with Gasteiger partial charge in [0.2, 0.25) is 0 Å². The standard InChI is InChI=1S/C25H28N4O4/c1-16(30)8-7-11-28-25(31)23(22-12-17-9-5-6-10-21(17)27-22)24(26-2)29(28)18-13-19(32-3)15-20(14-18)33-4/h5-6,9-10,13-15,26H,7-8,11-12H2,1-4H3. The zero-order valence-corrected chi connectivity index (χ0v) is 19.3. The number of para-hydroxylation sites is 1. The highest BCUT2D eigenvalue weighted by Gasteiger charge is 2.27. The molecule has 2 aromatic carbocycles. The molecule has 3 aromatic rings. The fourth-order valence-electron chi connectivity index (χ4n) is 4.18. The number of methoxy groups -OCH3 is 2. The summed E-state index contributed by atoms with van der Waals surface area (Å²) < 4.78 is 14.4. The molecule has 8 nitrogen and oxygen atoms in total. The highest BCUT2D eigenvalue weighted by molar-refractivity contribution is 6.09. The van der Waals surface area contributed by atoms with Gasteiger partial charge in [-0.2, -0.15) is 0 Å². The summed E-state index contributed by atoms with van der Waals surface area (Å²) in [6.07, 6.45) is 1.53. The van der Waals surface area contributed by atoms with Crippen LogP contribution in [-0.4, -0.2) is 42.1 Å². The number of rotatable bonds is 9. The van der Waals surface area contributed by atoms with Crippen LogP contribution in [-0.2, 0) is 17.8 Å². The minimum atomic E-state index is -0.156. The SMILES string of the molecule is CNc1c(C2=Nc3ccccc3C2)c(=O)n(CCCC(C)=O)n1-c1cc(OC)cc(OC)c1. The minimum Gasteiger partial charge on any atom is -0.497 e. The molecule has 0 aliphatic carbocycles. The van der Waals surface area contributed by atoms with E-state index >= 15 is 0 Å². The Hall–Kier alpha value is -3.81. The molecule has 1 aliphatic heterocycles. The second kappa shape index (κ2) is 9.36. The average Bonchev–Trinajstić information content (AvgIpc) is 3.36. The van der Waals surface area contributed by atoms with Gasteiger partial charge in [0.05, 0.1) is 31.3 Å². The molecule has 2 heterocycles. The predicted octanol–water partition coefficient (Wildman–Crippen LogP) is 3.74. The van der Waals surface area contributed by atoms with Gasteiger partial charge in [0.25, 0.3) is 5.56 Å². The zero-order chi connectivity index (χ0) is 23.5. The van der Waals surface area contributed by atoms with Crippen molar-refractivity contribution in [1.82, 2.24) is 9.36 Å². The normalized spacial score (nSPS) is 12.3. The van der Waals surface area contributed by atoms with E-state index in [1.807, 2.05) is 41.1 Å². The summed E-state index contributed by atoms with van der Waals surface area (Å²) in [5.41, 5.74) is 3.77. The van der Waals surface area contributed by atoms with Crippen molar-refractivity contribution in [3.05, 3.63) is 63.9 Å². The molecule has 172 valence electrons. The highest BCUT2D eigenvalue weighted by atomic mass is 16.5. The Kier molecular flexibility index (Phi) is 6.35. The first-order valence-corrected chi connectivity index (χ1v) is 10.9. The molecule has 0 atom stereocenters. The van der Waals surface area contributed by atoms with Crippen LogP contribution in [0.2, 0.25) is 0 Å². The largest absolute Gasteiger partial charge is 0.497 e. The van der Waals surface area contributed by atoms with Gasteiger partial charge in [-0.3, -0.25) is 9.79 Å². The number of Topliss-reactive ketones (excluding diaryl/α,β-unsaturated/α-hetero) is 1. The van der Waals surface area contributed by atoms with Crippen molar-refractivity contribution in [1.29, 1.82) is 0 Å². The lowest BCUT2D eigenvalue weighted by atomic mass is 10.1. The summed E-state index contributed by atoms with van der Waals surface area (Å²) >= 11 is 0. The quantitative estimate of drug-likeness (QED) is 0.539. The molecule has 0 saturated carbocycles. The number of aromatic nitrogens is 2. The van der Waals surface area contributed by atoms with Crippen LogP contribution in [0.4, 0.5) is 11.5 Å². The first-order valence-electron chi connectivity index (χ1n) is 10.9. The van der Waals surface area contributed by atoms with Crippen LogP contribution in [0.25, 0.3) is 5.69 Å². The number of benzene rings is 2. The van der Waals surface area contributed by atoms with Crippen molar-refractivity contribution >= 4 is 23.0 Å². The summed E-state index contributed by atoms with van der Waals surface area (Å²) in [5, 5.41) is 3.21. The monoisotopic (exact) mass is 448 g/mol. The number of fused-ring (bicyclic) bond motifs is 1. The molecule has 0 saturated heterocycles. The topological polar surface area (TPSA) is 86.9 Å². The lowest BCUT2D eigenvalue weighted by molar-refractivity contribution is -0.117. The van der Waals surface area contributed by atoms with Crippen molar-refractivity contribution in [3.8, 4) is 17.2 Å². The highest BCUT2D eigenvalue weighted by Crippen LogP contribution is 2.32. The molecule has 0 unspecified atom stereocenters. The van der Waals surface area contributed by atoms with Crippen LogP contribution in [0.1, 0.15) is 30.9 Å². The number of aliphatic imine (C=N–C) groups is 1. The molecule has 0 radical (unpaired) electrons. The number of nitrogens with one attached hydrogen (secondary N) is 1. The third-order valence-electron chi connectivity index (χ3n) is 5.75. The van der Waals surface area contributed by atoms with Gasteiger partial charge in [-0.15, -0.1) is 0 Å². The maximum atomic E-state index is 13.7. The van der Waals surface area contributed by atoms with Gasteiger partial charge in [-0.1, -0.05) is 18.2 Å². The van der Waals surface area contributed by atoms with Crippen molar-refractivity contribution in [3.63, 3.8) is 0 Å². The van der Waals surface area contributed by atoms with Crippen molar-refractivity contribution in [2.75, 3.05) is 26.6 Å². The van der Waals surface area contributed by atoms with Gasteiger partial charge < -0.3 is 19.6 Å².